The standard InChI is InChI=1S/C18H11FN6S/c19-13-8-6-12(7-9-13)16-22-23-18-25(16)24-17(26-18)15-10-14(20-21-15)11-4-2-1-3-5-11/h1-10H,(H,20,21). The number of rotatable bonds is 3. The molecule has 0 unspecified atom stereocenters. The van der Waals surface area contributed by atoms with Gasteiger partial charge in [-0.15, -0.1) is 10.2 Å². The van der Waals surface area contributed by atoms with Gasteiger partial charge in [-0.25, -0.2) is 4.39 Å². The maximum atomic E-state index is 13.1. The van der Waals surface area contributed by atoms with Crippen molar-refractivity contribution in [2.24, 2.45) is 0 Å². The Kier molecular flexibility index (Phi) is 3.36. The highest BCUT2D eigenvalue weighted by Crippen LogP contribution is 2.29. The Hall–Kier alpha value is -3.39. The molecule has 0 bridgehead atoms. The number of fused-ring (bicyclic) bond motifs is 1. The fourth-order valence-electron chi connectivity index (χ4n) is 2.69. The lowest BCUT2D eigenvalue weighted by molar-refractivity contribution is 0.628. The molecule has 2 aromatic carbocycles. The average molecular weight is 362 g/mol. The molecule has 0 aliphatic heterocycles. The van der Waals surface area contributed by atoms with Gasteiger partial charge in [0.1, 0.15) is 5.82 Å². The van der Waals surface area contributed by atoms with Crippen LogP contribution < -0.4 is 0 Å². The summed E-state index contributed by atoms with van der Waals surface area (Å²) in [5.41, 5.74) is 3.45. The summed E-state index contributed by atoms with van der Waals surface area (Å²) in [5, 5.41) is 21.1. The second-order valence-electron chi connectivity index (χ2n) is 5.66. The van der Waals surface area contributed by atoms with Gasteiger partial charge in [0.25, 0.3) is 0 Å². The van der Waals surface area contributed by atoms with E-state index in [1.807, 2.05) is 36.4 Å². The molecule has 0 fully saturated rings. The number of aromatic nitrogens is 6. The third-order valence-electron chi connectivity index (χ3n) is 3.97. The van der Waals surface area contributed by atoms with Gasteiger partial charge < -0.3 is 0 Å². The Morgan fingerprint density at radius 2 is 1.73 bits per heavy atom. The highest BCUT2D eigenvalue weighted by molar-refractivity contribution is 7.19. The summed E-state index contributed by atoms with van der Waals surface area (Å²) in [6.07, 6.45) is 0. The molecular formula is C18H11FN6S. The molecule has 0 amide bonds. The SMILES string of the molecule is Fc1ccc(-c2nnc3sc(-c4cc(-c5ccccc5)n[nH]4)nn23)cc1. The Bertz CT molecular complexity index is 1190. The topological polar surface area (TPSA) is 71.8 Å². The van der Waals surface area contributed by atoms with Gasteiger partial charge in [0.15, 0.2) is 10.8 Å². The Morgan fingerprint density at radius 1 is 0.923 bits per heavy atom. The monoisotopic (exact) mass is 362 g/mol. The third-order valence-corrected chi connectivity index (χ3v) is 4.90. The molecule has 26 heavy (non-hydrogen) atoms. The van der Waals surface area contributed by atoms with Gasteiger partial charge in [0.2, 0.25) is 4.96 Å². The first-order chi connectivity index (χ1) is 12.8. The lowest BCUT2D eigenvalue weighted by Gasteiger charge is -1.96. The smallest absolute Gasteiger partial charge is 0.235 e. The average Bonchev–Trinajstić information content (AvgIpc) is 3.38. The van der Waals surface area contributed by atoms with Gasteiger partial charge in [0, 0.05) is 11.1 Å². The molecule has 0 radical (unpaired) electrons. The van der Waals surface area contributed by atoms with Crippen molar-refractivity contribution in [1.82, 2.24) is 30.0 Å². The quantitative estimate of drug-likeness (QED) is 0.526. The first-order valence-electron chi connectivity index (χ1n) is 7.87. The zero-order valence-corrected chi connectivity index (χ0v) is 14.1. The van der Waals surface area contributed by atoms with Crippen molar-refractivity contribution in [3.8, 4) is 33.3 Å². The molecule has 126 valence electrons. The predicted octanol–water partition coefficient (Wildman–Crippen LogP) is 4.05. The van der Waals surface area contributed by atoms with Crippen LogP contribution in [0.25, 0.3) is 38.3 Å². The Balaban J connectivity index is 1.55. The van der Waals surface area contributed by atoms with E-state index in [-0.39, 0.29) is 5.82 Å². The van der Waals surface area contributed by atoms with Gasteiger partial charge in [-0.2, -0.15) is 14.7 Å². The van der Waals surface area contributed by atoms with Crippen LogP contribution in [0, 0.1) is 5.82 Å². The summed E-state index contributed by atoms with van der Waals surface area (Å²) >= 11 is 1.41. The Labute approximate surface area is 151 Å². The number of H-pyrrole nitrogens is 1. The van der Waals surface area contributed by atoms with Crippen molar-refractivity contribution in [3.05, 3.63) is 66.5 Å². The summed E-state index contributed by atoms with van der Waals surface area (Å²) in [4.78, 5) is 0.662. The molecule has 5 rings (SSSR count). The molecule has 1 N–H and O–H groups in total. The van der Waals surface area contributed by atoms with Crippen molar-refractivity contribution < 1.29 is 4.39 Å². The molecule has 5 aromatic rings. The van der Waals surface area contributed by atoms with Gasteiger partial charge in [0.05, 0.1) is 11.4 Å². The van der Waals surface area contributed by atoms with Crippen LogP contribution in [0.5, 0.6) is 0 Å². The van der Waals surface area contributed by atoms with Crippen molar-refractivity contribution in [2.45, 2.75) is 0 Å². The lowest BCUT2D eigenvalue weighted by atomic mass is 10.1. The summed E-state index contributed by atoms with van der Waals surface area (Å²) in [6, 6.07) is 18.0. The normalized spacial score (nSPS) is 11.3. The van der Waals surface area contributed by atoms with Gasteiger partial charge in [-0.1, -0.05) is 41.7 Å². The minimum Gasteiger partial charge on any atom is -0.275 e. The molecule has 0 spiro atoms. The van der Waals surface area contributed by atoms with Crippen LogP contribution in [0.4, 0.5) is 4.39 Å². The van der Waals surface area contributed by atoms with E-state index in [0.29, 0.717) is 10.8 Å². The van der Waals surface area contributed by atoms with Crippen LogP contribution in [-0.4, -0.2) is 30.0 Å². The Morgan fingerprint density at radius 3 is 2.54 bits per heavy atom. The van der Waals surface area contributed by atoms with Crippen molar-refractivity contribution in [1.29, 1.82) is 0 Å². The number of nitrogens with zero attached hydrogens (tertiary/aromatic N) is 5. The van der Waals surface area contributed by atoms with E-state index in [9.17, 15) is 4.39 Å². The van der Waals surface area contributed by atoms with Crippen LogP contribution in [0.3, 0.4) is 0 Å². The molecule has 3 aromatic heterocycles. The maximum absolute atomic E-state index is 13.1. The van der Waals surface area contributed by atoms with Crippen LogP contribution >= 0.6 is 11.3 Å². The van der Waals surface area contributed by atoms with E-state index in [0.717, 1.165) is 27.5 Å². The van der Waals surface area contributed by atoms with E-state index >= 15 is 0 Å². The predicted molar refractivity (Wildman–Crippen MR) is 97.1 cm³/mol. The lowest BCUT2D eigenvalue weighted by Crippen LogP contribution is -1.91. The fourth-order valence-corrected chi connectivity index (χ4v) is 3.50. The highest BCUT2D eigenvalue weighted by atomic mass is 32.1. The second kappa shape index (κ2) is 5.85. The van der Waals surface area contributed by atoms with E-state index in [1.165, 1.54) is 23.5 Å². The molecule has 6 nitrogen and oxygen atoms in total. The number of halogens is 1. The molecule has 0 saturated carbocycles. The summed E-state index contributed by atoms with van der Waals surface area (Å²) in [6.45, 7) is 0. The molecule has 3 heterocycles. The summed E-state index contributed by atoms with van der Waals surface area (Å²) in [7, 11) is 0. The molecular weight excluding hydrogens is 351 g/mol. The second-order valence-corrected chi connectivity index (χ2v) is 6.62. The molecule has 0 saturated heterocycles. The number of hydrogen-bond acceptors (Lipinski definition) is 5. The van der Waals surface area contributed by atoms with Crippen molar-refractivity contribution in [2.75, 3.05) is 0 Å². The first kappa shape index (κ1) is 14.9. The maximum Gasteiger partial charge on any atom is 0.235 e. The van der Waals surface area contributed by atoms with Gasteiger partial charge in [-0.3, -0.25) is 5.10 Å². The molecule has 0 atom stereocenters. The fraction of sp³-hybridized carbons (Fsp3) is 0. The highest BCUT2D eigenvalue weighted by Gasteiger charge is 2.16. The minimum absolute atomic E-state index is 0.292. The van der Waals surface area contributed by atoms with Crippen LogP contribution in [-0.2, 0) is 0 Å². The molecule has 0 aliphatic carbocycles. The number of benzene rings is 2. The first-order valence-corrected chi connectivity index (χ1v) is 8.69. The van der Waals surface area contributed by atoms with Crippen LogP contribution in [0.15, 0.2) is 60.7 Å². The molecule has 0 aliphatic rings. The van der Waals surface area contributed by atoms with Gasteiger partial charge in [-0.05, 0) is 30.3 Å². The number of aromatic amines is 1. The molecule has 8 heteroatoms. The zero-order chi connectivity index (χ0) is 17.5. The van der Waals surface area contributed by atoms with E-state index < -0.39 is 0 Å². The van der Waals surface area contributed by atoms with Crippen molar-refractivity contribution >= 4 is 16.3 Å². The van der Waals surface area contributed by atoms with E-state index in [2.05, 4.69) is 25.5 Å². The van der Waals surface area contributed by atoms with Crippen molar-refractivity contribution in [3.63, 3.8) is 0 Å². The van der Waals surface area contributed by atoms with E-state index in [1.54, 1.807) is 16.6 Å². The number of nitrogens with one attached hydrogen (secondary N) is 1. The minimum atomic E-state index is -0.292. The van der Waals surface area contributed by atoms with E-state index in [4.69, 9.17) is 0 Å². The number of hydrogen-bond donors (Lipinski definition) is 1. The summed E-state index contributed by atoms with van der Waals surface area (Å²) < 4.78 is 14.8. The van der Waals surface area contributed by atoms with Crippen LogP contribution in [0.2, 0.25) is 0 Å². The third kappa shape index (κ3) is 2.47. The zero-order valence-electron chi connectivity index (χ0n) is 13.3. The van der Waals surface area contributed by atoms with Crippen LogP contribution in [0.1, 0.15) is 0 Å². The largest absolute Gasteiger partial charge is 0.275 e. The summed E-state index contributed by atoms with van der Waals surface area (Å²) in [5.74, 6) is 0.282. The van der Waals surface area contributed by atoms with Gasteiger partial charge >= 0.3 is 0 Å².